The Balaban J connectivity index is 1.65. The highest BCUT2D eigenvalue weighted by Crippen LogP contribution is 2.18. The summed E-state index contributed by atoms with van der Waals surface area (Å²) in [5, 5.41) is 4.33. The lowest BCUT2D eigenvalue weighted by atomic mass is 10.2. The quantitative estimate of drug-likeness (QED) is 0.531. The van der Waals surface area contributed by atoms with Crippen molar-refractivity contribution in [3.63, 3.8) is 0 Å². The minimum atomic E-state index is -0.632. The highest BCUT2D eigenvalue weighted by atomic mass is 35.5. The summed E-state index contributed by atoms with van der Waals surface area (Å²) in [6.45, 7) is 2.27. The fraction of sp³-hybridized carbons (Fsp3) is 0.167. The normalized spacial score (nSPS) is 11.2. The maximum Gasteiger partial charge on any atom is 0.420 e. The van der Waals surface area contributed by atoms with Gasteiger partial charge in [0.1, 0.15) is 12.3 Å². The van der Waals surface area contributed by atoms with E-state index < -0.39 is 11.7 Å². The monoisotopic (exact) mass is 373 g/mol. The van der Waals surface area contributed by atoms with E-state index in [4.69, 9.17) is 20.8 Å². The second-order valence-electron chi connectivity index (χ2n) is 5.36. The molecule has 0 fully saturated rings. The van der Waals surface area contributed by atoms with Gasteiger partial charge in [0.15, 0.2) is 5.58 Å². The fourth-order valence-corrected chi connectivity index (χ4v) is 2.53. The van der Waals surface area contributed by atoms with E-state index in [-0.39, 0.29) is 6.54 Å². The predicted octanol–water partition coefficient (Wildman–Crippen LogP) is 2.80. The molecule has 0 spiro atoms. The zero-order valence-corrected chi connectivity index (χ0v) is 14.7. The van der Waals surface area contributed by atoms with Crippen LogP contribution in [-0.2, 0) is 11.3 Å². The van der Waals surface area contributed by atoms with Gasteiger partial charge in [0, 0.05) is 5.02 Å². The van der Waals surface area contributed by atoms with Crippen LogP contribution in [0.4, 0.5) is 0 Å². The fourth-order valence-electron chi connectivity index (χ4n) is 2.36. The average Bonchev–Trinajstić information content (AvgIpc) is 2.92. The number of rotatable bonds is 6. The molecular formula is C18H16ClN3O4. The van der Waals surface area contributed by atoms with E-state index in [1.54, 1.807) is 18.2 Å². The molecule has 0 saturated carbocycles. The third kappa shape index (κ3) is 4.12. The number of halogens is 1. The molecule has 134 valence electrons. The Hall–Kier alpha value is -3.06. The molecule has 0 aliphatic carbocycles. The number of carbonyl (C=O) groups is 1. The lowest BCUT2D eigenvalue weighted by Gasteiger charge is -2.03. The molecule has 1 N–H and O–H groups in total. The zero-order chi connectivity index (χ0) is 18.5. The van der Waals surface area contributed by atoms with Gasteiger partial charge in [-0.25, -0.2) is 10.2 Å². The van der Waals surface area contributed by atoms with Crippen LogP contribution in [0.15, 0.2) is 56.8 Å². The van der Waals surface area contributed by atoms with Crippen LogP contribution in [0.5, 0.6) is 5.75 Å². The van der Waals surface area contributed by atoms with E-state index in [2.05, 4.69) is 10.5 Å². The summed E-state index contributed by atoms with van der Waals surface area (Å²) in [5.41, 5.74) is 4.00. The Bertz CT molecular complexity index is 1010. The summed E-state index contributed by atoms with van der Waals surface area (Å²) in [6.07, 6.45) is 1.50. The molecular weight excluding hydrogens is 358 g/mol. The number of fused-ring (bicyclic) bond motifs is 1. The molecule has 2 aromatic carbocycles. The molecule has 3 aromatic rings. The molecule has 0 aliphatic heterocycles. The van der Waals surface area contributed by atoms with Gasteiger partial charge in [-0.05, 0) is 55.0 Å². The van der Waals surface area contributed by atoms with Gasteiger partial charge in [0.2, 0.25) is 0 Å². The van der Waals surface area contributed by atoms with Crippen LogP contribution in [0.3, 0.4) is 0 Å². The summed E-state index contributed by atoms with van der Waals surface area (Å²) in [5.74, 6) is -0.330. The molecule has 26 heavy (non-hydrogen) atoms. The predicted molar refractivity (Wildman–Crippen MR) is 98.8 cm³/mol. The van der Waals surface area contributed by atoms with Crippen molar-refractivity contribution in [3.8, 4) is 5.75 Å². The maximum absolute atomic E-state index is 12.0. The van der Waals surface area contributed by atoms with Crippen molar-refractivity contribution in [1.29, 1.82) is 0 Å². The number of nitrogens with one attached hydrogen (secondary N) is 1. The van der Waals surface area contributed by atoms with E-state index in [0.717, 1.165) is 11.3 Å². The van der Waals surface area contributed by atoms with Crippen molar-refractivity contribution < 1.29 is 13.9 Å². The first kappa shape index (κ1) is 17.8. The van der Waals surface area contributed by atoms with Crippen molar-refractivity contribution in [1.82, 2.24) is 9.99 Å². The largest absolute Gasteiger partial charge is 0.494 e. The number of hydrogen-bond donors (Lipinski definition) is 1. The van der Waals surface area contributed by atoms with Crippen LogP contribution in [0, 0.1) is 0 Å². The Morgan fingerprint density at radius 1 is 1.31 bits per heavy atom. The molecule has 0 bridgehead atoms. The number of hydrogen-bond acceptors (Lipinski definition) is 5. The third-order valence-electron chi connectivity index (χ3n) is 3.53. The lowest BCUT2D eigenvalue weighted by Crippen LogP contribution is -2.27. The standard InChI is InChI=1S/C18H16ClN3O4/c1-2-25-14-6-3-12(4-7-14)10-20-21-17(23)11-22-15-9-13(19)5-8-16(15)26-18(22)24/h3-10H,2,11H2,1H3,(H,21,23)/b20-10+. The Kier molecular flexibility index (Phi) is 5.38. The SMILES string of the molecule is CCOc1ccc(/C=N/NC(=O)Cn2c(=O)oc3ccc(Cl)cc32)cc1. The summed E-state index contributed by atoms with van der Waals surface area (Å²) in [6, 6.07) is 12.0. The summed E-state index contributed by atoms with van der Waals surface area (Å²) in [4.78, 5) is 23.9. The minimum absolute atomic E-state index is 0.229. The van der Waals surface area contributed by atoms with Crippen LogP contribution in [0.2, 0.25) is 5.02 Å². The van der Waals surface area contributed by atoms with Gasteiger partial charge in [-0.2, -0.15) is 5.10 Å². The third-order valence-corrected chi connectivity index (χ3v) is 3.76. The first-order chi connectivity index (χ1) is 12.6. The van der Waals surface area contributed by atoms with Gasteiger partial charge in [-0.15, -0.1) is 0 Å². The topological polar surface area (TPSA) is 85.8 Å². The molecule has 1 aromatic heterocycles. The van der Waals surface area contributed by atoms with Crippen LogP contribution in [-0.4, -0.2) is 23.3 Å². The number of ether oxygens (including phenoxy) is 1. The molecule has 0 atom stereocenters. The molecule has 8 heteroatoms. The molecule has 0 saturated heterocycles. The number of carbonyl (C=O) groups excluding carboxylic acids is 1. The van der Waals surface area contributed by atoms with Crippen LogP contribution < -0.4 is 15.9 Å². The highest BCUT2D eigenvalue weighted by Gasteiger charge is 2.12. The molecule has 3 rings (SSSR count). The van der Waals surface area contributed by atoms with E-state index in [9.17, 15) is 9.59 Å². The minimum Gasteiger partial charge on any atom is -0.494 e. The van der Waals surface area contributed by atoms with Gasteiger partial charge in [-0.1, -0.05) is 11.6 Å². The number of oxazole rings is 1. The summed E-state index contributed by atoms with van der Waals surface area (Å²) < 4.78 is 11.6. The number of amides is 1. The smallest absolute Gasteiger partial charge is 0.420 e. The molecule has 7 nitrogen and oxygen atoms in total. The van der Waals surface area contributed by atoms with Crippen molar-refractivity contribution in [2.45, 2.75) is 13.5 Å². The van der Waals surface area contributed by atoms with Gasteiger partial charge in [0.05, 0.1) is 18.3 Å². The second-order valence-corrected chi connectivity index (χ2v) is 5.80. The number of nitrogens with zero attached hydrogens (tertiary/aromatic N) is 2. The Labute approximate surface area is 153 Å². The first-order valence-electron chi connectivity index (χ1n) is 7.90. The maximum atomic E-state index is 12.0. The van der Waals surface area contributed by atoms with Gasteiger partial charge < -0.3 is 9.15 Å². The van der Waals surface area contributed by atoms with Gasteiger partial charge >= 0.3 is 5.76 Å². The summed E-state index contributed by atoms with van der Waals surface area (Å²) >= 11 is 5.93. The number of hydrazone groups is 1. The zero-order valence-electron chi connectivity index (χ0n) is 13.9. The van der Waals surface area contributed by atoms with E-state index in [1.165, 1.54) is 10.8 Å². The highest BCUT2D eigenvalue weighted by molar-refractivity contribution is 6.31. The van der Waals surface area contributed by atoms with Crippen molar-refractivity contribution in [2.75, 3.05) is 6.61 Å². The number of benzene rings is 2. The summed E-state index contributed by atoms with van der Waals surface area (Å²) in [7, 11) is 0. The van der Waals surface area contributed by atoms with Crippen molar-refractivity contribution in [2.24, 2.45) is 5.10 Å². The Morgan fingerprint density at radius 3 is 2.81 bits per heavy atom. The van der Waals surface area contributed by atoms with Crippen LogP contribution >= 0.6 is 11.6 Å². The molecule has 0 aliphatic rings. The molecule has 0 radical (unpaired) electrons. The Morgan fingerprint density at radius 2 is 2.08 bits per heavy atom. The number of aromatic nitrogens is 1. The molecule has 1 heterocycles. The van der Waals surface area contributed by atoms with Crippen molar-refractivity contribution in [3.05, 3.63) is 63.6 Å². The van der Waals surface area contributed by atoms with Gasteiger partial charge in [-0.3, -0.25) is 9.36 Å². The van der Waals surface area contributed by atoms with Gasteiger partial charge in [0.25, 0.3) is 5.91 Å². The van der Waals surface area contributed by atoms with Crippen molar-refractivity contribution >= 4 is 34.8 Å². The van der Waals surface area contributed by atoms with Crippen LogP contribution in [0.1, 0.15) is 12.5 Å². The molecule has 0 unspecified atom stereocenters. The second kappa shape index (κ2) is 7.88. The van der Waals surface area contributed by atoms with E-state index in [1.807, 2.05) is 31.2 Å². The van der Waals surface area contributed by atoms with Crippen LogP contribution in [0.25, 0.3) is 11.1 Å². The lowest BCUT2D eigenvalue weighted by molar-refractivity contribution is -0.121. The molecule has 1 amide bonds. The van der Waals surface area contributed by atoms with E-state index >= 15 is 0 Å². The van der Waals surface area contributed by atoms with E-state index in [0.29, 0.717) is 22.7 Å². The average molecular weight is 374 g/mol. The first-order valence-corrected chi connectivity index (χ1v) is 8.28.